The summed E-state index contributed by atoms with van der Waals surface area (Å²) in [7, 11) is 1.92. The van der Waals surface area contributed by atoms with Gasteiger partial charge in [-0.2, -0.15) is 0 Å². The molecule has 1 aliphatic carbocycles. The van der Waals surface area contributed by atoms with E-state index in [1.54, 1.807) is 0 Å². The molecule has 1 atom stereocenters. The van der Waals surface area contributed by atoms with Crippen molar-refractivity contribution in [3.8, 4) is 0 Å². The number of hydrogen-bond acceptors (Lipinski definition) is 3. The van der Waals surface area contributed by atoms with E-state index in [-0.39, 0.29) is 24.5 Å². The molecule has 1 aromatic heterocycles. The van der Waals surface area contributed by atoms with Crippen LogP contribution in [0.25, 0.3) is 0 Å². The number of rotatable bonds is 5. The van der Waals surface area contributed by atoms with Crippen LogP contribution in [-0.2, 0) is 11.3 Å². The summed E-state index contributed by atoms with van der Waals surface area (Å²) in [6.45, 7) is 0.975. The largest absolute Gasteiger partial charge is 0.335 e. The average Bonchev–Trinajstić information content (AvgIpc) is 3.00. The molecule has 116 valence electrons. The lowest BCUT2D eigenvalue weighted by molar-refractivity contribution is -0.885. The zero-order valence-corrected chi connectivity index (χ0v) is 13.6. The third kappa shape index (κ3) is 5.65. The number of carbonyl (C=O) groups excluding carboxylic acids is 2. The minimum Gasteiger partial charge on any atom is -0.335 e. The predicted molar refractivity (Wildman–Crippen MR) is 83.7 cm³/mol. The molecule has 7 heteroatoms. The Labute approximate surface area is 133 Å². The van der Waals surface area contributed by atoms with Crippen molar-refractivity contribution in [3.05, 3.63) is 21.3 Å². The van der Waals surface area contributed by atoms with Crippen molar-refractivity contribution in [1.29, 1.82) is 0 Å². The molecule has 0 radical (unpaired) electrons. The molecular weight excluding hydrogens is 310 g/mol. The van der Waals surface area contributed by atoms with Gasteiger partial charge in [-0.05, 0) is 25.0 Å². The van der Waals surface area contributed by atoms with E-state index in [0.717, 1.165) is 46.3 Å². The van der Waals surface area contributed by atoms with Crippen molar-refractivity contribution >= 4 is 34.9 Å². The van der Waals surface area contributed by atoms with Gasteiger partial charge in [0.1, 0.15) is 6.54 Å². The molecule has 2 rings (SSSR count). The van der Waals surface area contributed by atoms with Gasteiger partial charge >= 0.3 is 6.03 Å². The van der Waals surface area contributed by atoms with Crippen LogP contribution < -0.4 is 15.5 Å². The molecule has 0 spiro atoms. The van der Waals surface area contributed by atoms with E-state index in [0.29, 0.717) is 0 Å². The van der Waals surface area contributed by atoms with Gasteiger partial charge in [0, 0.05) is 6.04 Å². The second kappa shape index (κ2) is 7.77. The quantitative estimate of drug-likeness (QED) is 0.759. The fourth-order valence-electron chi connectivity index (χ4n) is 2.54. The number of hydrogen-bond donors (Lipinski definition) is 3. The summed E-state index contributed by atoms with van der Waals surface area (Å²) in [5.74, 6) is -0.259. The molecule has 3 N–H and O–H groups in total. The summed E-state index contributed by atoms with van der Waals surface area (Å²) < 4.78 is 0.748. The smallest absolute Gasteiger partial charge is 0.321 e. The van der Waals surface area contributed by atoms with Gasteiger partial charge in [0.2, 0.25) is 0 Å². The highest BCUT2D eigenvalue weighted by molar-refractivity contribution is 7.16. The minimum atomic E-state index is -0.376. The number of likely N-dealkylation sites (N-methyl/N-ethyl adjacent to an activating group) is 1. The molecule has 1 heterocycles. The number of quaternary nitrogens is 1. The van der Waals surface area contributed by atoms with Crippen LogP contribution in [0.1, 0.15) is 30.6 Å². The van der Waals surface area contributed by atoms with Crippen molar-refractivity contribution in [2.45, 2.75) is 38.3 Å². The van der Waals surface area contributed by atoms with Gasteiger partial charge in [-0.15, -0.1) is 11.3 Å². The van der Waals surface area contributed by atoms with E-state index in [9.17, 15) is 9.59 Å². The lowest BCUT2D eigenvalue weighted by atomic mass is 10.2. The maximum Gasteiger partial charge on any atom is 0.321 e. The molecule has 1 aromatic rings. The highest BCUT2D eigenvalue weighted by Gasteiger charge is 2.19. The maximum absolute atomic E-state index is 11.8. The van der Waals surface area contributed by atoms with Crippen LogP contribution in [0.2, 0.25) is 4.34 Å². The third-order valence-electron chi connectivity index (χ3n) is 3.51. The Bertz CT molecular complexity index is 500. The van der Waals surface area contributed by atoms with Crippen LogP contribution in [-0.4, -0.2) is 31.6 Å². The van der Waals surface area contributed by atoms with Crippen LogP contribution >= 0.6 is 22.9 Å². The highest BCUT2D eigenvalue weighted by Crippen LogP contribution is 2.20. The molecule has 0 saturated heterocycles. The summed E-state index contributed by atoms with van der Waals surface area (Å²) in [4.78, 5) is 25.6. The fraction of sp³-hybridized carbons (Fsp3) is 0.571. The number of carbonyl (C=O) groups is 2. The van der Waals surface area contributed by atoms with Crippen molar-refractivity contribution in [3.63, 3.8) is 0 Å². The molecule has 0 aliphatic heterocycles. The molecule has 0 bridgehead atoms. The molecule has 1 unspecified atom stereocenters. The Hall–Kier alpha value is -1.11. The van der Waals surface area contributed by atoms with Gasteiger partial charge in [0.15, 0.2) is 6.54 Å². The monoisotopic (exact) mass is 330 g/mol. The normalized spacial score (nSPS) is 16.7. The van der Waals surface area contributed by atoms with Crippen molar-refractivity contribution in [2.24, 2.45) is 0 Å². The number of thiophene rings is 1. The van der Waals surface area contributed by atoms with Gasteiger partial charge in [0.25, 0.3) is 5.91 Å². The molecule has 3 amide bonds. The average molecular weight is 331 g/mol. The van der Waals surface area contributed by atoms with Gasteiger partial charge < -0.3 is 10.2 Å². The topological polar surface area (TPSA) is 62.6 Å². The van der Waals surface area contributed by atoms with E-state index in [1.165, 1.54) is 11.3 Å². The molecule has 5 nitrogen and oxygen atoms in total. The first kappa shape index (κ1) is 16.3. The van der Waals surface area contributed by atoms with E-state index >= 15 is 0 Å². The molecule has 0 aromatic carbocycles. The lowest BCUT2D eigenvalue weighted by Crippen LogP contribution is -3.08. The summed E-state index contributed by atoms with van der Waals surface area (Å²) >= 11 is 7.39. The first-order valence-electron chi connectivity index (χ1n) is 7.19. The van der Waals surface area contributed by atoms with Crippen LogP contribution in [0, 0.1) is 0 Å². The molecule has 1 saturated carbocycles. The molecular formula is C14H21ClN3O2S+. The van der Waals surface area contributed by atoms with Crippen molar-refractivity contribution in [2.75, 3.05) is 13.6 Å². The second-order valence-electron chi connectivity index (χ2n) is 5.52. The van der Waals surface area contributed by atoms with Gasteiger partial charge in [-0.1, -0.05) is 24.4 Å². The van der Waals surface area contributed by atoms with E-state index < -0.39 is 0 Å². The first-order valence-corrected chi connectivity index (χ1v) is 8.38. The standard InChI is InChI=1S/C14H20ClN3O2S/c1-18(8-11-6-7-12(15)21-11)9-13(19)17-14(20)16-10-4-2-3-5-10/h6-7,10H,2-5,8-9H2,1H3,(H2,16,17,19,20)/p+1. The van der Waals surface area contributed by atoms with E-state index in [1.807, 2.05) is 19.2 Å². The summed E-state index contributed by atoms with van der Waals surface area (Å²) in [5.41, 5.74) is 0. The van der Waals surface area contributed by atoms with Crippen LogP contribution in [0.5, 0.6) is 0 Å². The zero-order chi connectivity index (χ0) is 15.2. The molecule has 1 fully saturated rings. The summed E-state index contributed by atoms with van der Waals surface area (Å²) in [6, 6.07) is 3.65. The van der Waals surface area contributed by atoms with Crippen molar-refractivity contribution in [1.82, 2.24) is 10.6 Å². The summed E-state index contributed by atoms with van der Waals surface area (Å²) in [6.07, 6.45) is 4.31. The SMILES string of the molecule is C[NH+](CC(=O)NC(=O)NC1CCCC1)Cc1ccc(Cl)s1. The van der Waals surface area contributed by atoms with Gasteiger partial charge in [-0.3, -0.25) is 10.1 Å². The third-order valence-corrected chi connectivity index (χ3v) is 4.74. The van der Waals surface area contributed by atoms with Crippen molar-refractivity contribution < 1.29 is 14.5 Å². The van der Waals surface area contributed by atoms with Crippen LogP contribution in [0.4, 0.5) is 4.79 Å². The minimum absolute atomic E-state index is 0.219. The van der Waals surface area contributed by atoms with E-state index in [2.05, 4.69) is 10.6 Å². The van der Waals surface area contributed by atoms with Gasteiger partial charge in [-0.25, -0.2) is 4.79 Å². The zero-order valence-electron chi connectivity index (χ0n) is 12.1. The number of imide groups is 1. The fourth-order valence-corrected chi connectivity index (χ4v) is 3.74. The maximum atomic E-state index is 11.8. The van der Waals surface area contributed by atoms with Gasteiger partial charge in [0.05, 0.1) is 16.3 Å². The predicted octanol–water partition coefficient (Wildman–Crippen LogP) is 1.18. The number of urea groups is 1. The van der Waals surface area contributed by atoms with Crippen LogP contribution in [0.15, 0.2) is 12.1 Å². The Morgan fingerprint density at radius 3 is 2.71 bits per heavy atom. The second-order valence-corrected chi connectivity index (χ2v) is 7.32. The number of halogens is 1. The Morgan fingerprint density at radius 2 is 2.10 bits per heavy atom. The van der Waals surface area contributed by atoms with E-state index in [4.69, 9.17) is 11.6 Å². The van der Waals surface area contributed by atoms with Crippen LogP contribution in [0.3, 0.4) is 0 Å². The lowest BCUT2D eigenvalue weighted by Gasteiger charge is -2.14. The Kier molecular flexibility index (Phi) is 6.02. The number of amides is 3. The highest BCUT2D eigenvalue weighted by atomic mass is 35.5. The first-order chi connectivity index (χ1) is 10.0. The summed E-state index contributed by atoms with van der Waals surface area (Å²) in [5, 5.41) is 5.24. The Morgan fingerprint density at radius 1 is 1.38 bits per heavy atom. The number of nitrogens with one attached hydrogen (secondary N) is 3. The molecule has 1 aliphatic rings. The molecule has 21 heavy (non-hydrogen) atoms. The Balaban J connectivity index is 1.69.